The number of aromatic nitrogens is 3. The van der Waals surface area contributed by atoms with Crippen molar-refractivity contribution in [2.45, 2.75) is 58.0 Å². The molecule has 1 aromatic carbocycles. The van der Waals surface area contributed by atoms with Gasteiger partial charge in [0.25, 0.3) is 11.5 Å². The van der Waals surface area contributed by atoms with Gasteiger partial charge < -0.3 is 16.2 Å². The summed E-state index contributed by atoms with van der Waals surface area (Å²) in [4.78, 5) is 49.0. The first-order valence-corrected chi connectivity index (χ1v) is 10.3. The molecule has 0 atom stereocenters. The zero-order valence-electron chi connectivity index (χ0n) is 17.7. The number of hydrogen-bond donors (Lipinski definition) is 3. The number of amides is 2. The highest BCUT2D eigenvalue weighted by molar-refractivity contribution is 5.96. The maximum Gasteiger partial charge on any atom is 0.360 e. The highest BCUT2D eigenvalue weighted by Gasteiger charge is 2.28. The Morgan fingerprint density at radius 2 is 1.81 bits per heavy atom. The van der Waals surface area contributed by atoms with Gasteiger partial charge in [-0.25, -0.2) is 9.59 Å². The van der Waals surface area contributed by atoms with Crippen LogP contribution in [0.15, 0.2) is 27.8 Å². The second-order valence-electron chi connectivity index (χ2n) is 8.08. The summed E-state index contributed by atoms with van der Waals surface area (Å²) >= 11 is 0. The number of aliphatic hydroxyl groups is 1. The largest absolute Gasteiger partial charge is 0.388 e. The molecule has 0 bridgehead atoms. The third kappa shape index (κ3) is 4.74. The Morgan fingerprint density at radius 3 is 2.42 bits per heavy atom. The molecule has 0 spiro atoms. The fourth-order valence-corrected chi connectivity index (χ4v) is 3.83. The second kappa shape index (κ2) is 8.84. The fraction of sp³-hybridized carbons (Fsp3) is 0.476. The molecule has 0 saturated heterocycles. The first-order chi connectivity index (χ1) is 14.6. The van der Waals surface area contributed by atoms with Crippen molar-refractivity contribution in [3.8, 4) is 5.69 Å². The van der Waals surface area contributed by atoms with Gasteiger partial charge in [-0.2, -0.15) is 14.3 Å². The first kappa shape index (κ1) is 22.4. The van der Waals surface area contributed by atoms with Crippen molar-refractivity contribution in [1.29, 1.82) is 0 Å². The van der Waals surface area contributed by atoms with Crippen molar-refractivity contribution < 1.29 is 14.7 Å². The average molecular weight is 429 g/mol. The number of primary amides is 1. The summed E-state index contributed by atoms with van der Waals surface area (Å²) in [6.07, 6.45) is 5.27. The number of rotatable bonds is 4. The summed E-state index contributed by atoms with van der Waals surface area (Å²) in [7, 11) is 0. The number of nitrogens with zero attached hydrogens (tertiary/aromatic N) is 3. The predicted octanol–water partition coefficient (Wildman–Crippen LogP) is 0.753. The SMILES string of the molecule is Cc1ccc(-n2nc(C)c(=O)n(C(N)=O)c2=O)cc1C(=O)NCC1(O)CCCCCC1. The molecule has 0 aliphatic heterocycles. The lowest BCUT2D eigenvalue weighted by molar-refractivity contribution is 0.0246. The van der Waals surface area contributed by atoms with Gasteiger partial charge in [-0.05, 0) is 44.4 Å². The molecule has 166 valence electrons. The molecule has 1 aliphatic carbocycles. The van der Waals surface area contributed by atoms with Gasteiger partial charge in [0.1, 0.15) is 5.69 Å². The van der Waals surface area contributed by atoms with Crippen LogP contribution in [0.4, 0.5) is 4.79 Å². The van der Waals surface area contributed by atoms with Gasteiger partial charge >= 0.3 is 11.7 Å². The summed E-state index contributed by atoms with van der Waals surface area (Å²) < 4.78 is 1.15. The number of carbonyl (C=O) groups excluding carboxylic acids is 2. The van der Waals surface area contributed by atoms with Crippen molar-refractivity contribution in [2.24, 2.45) is 5.73 Å². The highest BCUT2D eigenvalue weighted by atomic mass is 16.3. The second-order valence-corrected chi connectivity index (χ2v) is 8.08. The summed E-state index contributed by atoms with van der Waals surface area (Å²) in [5.74, 6) is -0.398. The summed E-state index contributed by atoms with van der Waals surface area (Å²) in [6, 6.07) is 3.42. The van der Waals surface area contributed by atoms with Crippen molar-refractivity contribution in [3.05, 3.63) is 55.9 Å². The quantitative estimate of drug-likeness (QED) is 0.611. The minimum atomic E-state index is -1.21. The van der Waals surface area contributed by atoms with Crippen molar-refractivity contribution in [2.75, 3.05) is 6.54 Å². The molecular formula is C21H27N5O5. The van der Waals surface area contributed by atoms with Crippen LogP contribution in [-0.2, 0) is 0 Å². The maximum atomic E-state index is 12.8. The Kier molecular flexibility index (Phi) is 6.40. The van der Waals surface area contributed by atoms with Crippen LogP contribution in [0.3, 0.4) is 0 Å². The average Bonchev–Trinajstić information content (AvgIpc) is 2.94. The molecule has 1 aromatic heterocycles. The molecule has 1 heterocycles. The number of carbonyl (C=O) groups is 2. The number of aryl methyl sites for hydroxylation is 2. The van der Waals surface area contributed by atoms with Gasteiger partial charge in [-0.3, -0.25) is 9.59 Å². The Hall–Kier alpha value is -3.27. The predicted molar refractivity (Wildman–Crippen MR) is 114 cm³/mol. The lowest BCUT2D eigenvalue weighted by Gasteiger charge is -2.27. The molecular weight excluding hydrogens is 402 g/mol. The van der Waals surface area contributed by atoms with E-state index in [9.17, 15) is 24.3 Å². The van der Waals surface area contributed by atoms with E-state index in [0.29, 0.717) is 23.0 Å². The molecule has 1 fully saturated rings. The molecule has 2 aromatic rings. The molecule has 10 heteroatoms. The minimum Gasteiger partial charge on any atom is -0.388 e. The van der Waals surface area contributed by atoms with E-state index in [0.717, 1.165) is 30.4 Å². The van der Waals surface area contributed by atoms with Crippen molar-refractivity contribution >= 4 is 11.9 Å². The summed E-state index contributed by atoms with van der Waals surface area (Å²) in [5.41, 5.74) is 3.37. The molecule has 3 rings (SSSR count). The van der Waals surface area contributed by atoms with Gasteiger partial charge in [-0.1, -0.05) is 31.7 Å². The molecule has 31 heavy (non-hydrogen) atoms. The van der Waals surface area contributed by atoms with Gasteiger partial charge in [0, 0.05) is 12.1 Å². The molecule has 4 N–H and O–H groups in total. The monoisotopic (exact) mass is 429 g/mol. The molecule has 0 radical (unpaired) electrons. The van der Waals surface area contributed by atoms with E-state index in [4.69, 9.17) is 5.73 Å². The number of nitrogens with two attached hydrogens (primary N) is 1. The number of nitrogens with one attached hydrogen (secondary N) is 1. The van der Waals surface area contributed by atoms with Gasteiger partial charge in [0.2, 0.25) is 0 Å². The standard InChI is InChI=1S/C21H27N5O5/c1-13-7-8-15(26-20(30)25(19(22)29)18(28)14(2)24-26)11-16(13)17(27)23-12-21(31)9-5-3-4-6-10-21/h7-8,11,31H,3-6,9-10,12H2,1-2H3,(H2,22,29)(H,23,27). The van der Waals surface area contributed by atoms with Crippen LogP contribution in [0, 0.1) is 13.8 Å². The molecule has 1 saturated carbocycles. The van der Waals surface area contributed by atoms with Gasteiger partial charge in [-0.15, -0.1) is 0 Å². The molecule has 0 unspecified atom stereocenters. The van der Waals surface area contributed by atoms with Crippen LogP contribution in [-0.4, -0.2) is 43.5 Å². The van der Waals surface area contributed by atoms with E-state index in [1.54, 1.807) is 19.1 Å². The van der Waals surface area contributed by atoms with Crippen molar-refractivity contribution in [1.82, 2.24) is 19.7 Å². The van der Waals surface area contributed by atoms with Crippen LogP contribution in [0.5, 0.6) is 0 Å². The minimum absolute atomic E-state index is 0.0967. The van der Waals surface area contributed by atoms with Crippen LogP contribution in [0.1, 0.15) is 60.1 Å². The highest BCUT2D eigenvalue weighted by Crippen LogP contribution is 2.26. The summed E-state index contributed by atoms with van der Waals surface area (Å²) in [6.45, 7) is 3.23. The lowest BCUT2D eigenvalue weighted by atomic mass is 9.94. The Bertz CT molecular complexity index is 1130. The first-order valence-electron chi connectivity index (χ1n) is 10.3. The van der Waals surface area contributed by atoms with E-state index >= 15 is 0 Å². The Balaban J connectivity index is 1.92. The Morgan fingerprint density at radius 1 is 1.16 bits per heavy atom. The topological polar surface area (TPSA) is 149 Å². The van der Waals surface area contributed by atoms with E-state index in [-0.39, 0.29) is 23.5 Å². The molecule has 2 amide bonds. The van der Waals surface area contributed by atoms with Crippen LogP contribution < -0.4 is 22.3 Å². The number of benzene rings is 1. The zero-order valence-corrected chi connectivity index (χ0v) is 17.7. The number of hydrogen-bond acceptors (Lipinski definition) is 6. The van der Waals surface area contributed by atoms with Crippen LogP contribution >= 0.6 is 0 Å². The van der Waals surface area contributed by atoms with Crippen LogP contribution in [0.25, 0.3) is 5.69 Å². The lowest BCUT2D eigenvalue weighted by Crippen LogP contribution is -2.47. The van der Waals surface area contributed by atoms with E-state index in [1.165, 1.54) is 13.0 Å². The third-order valence-electron chi connectivity index (χ3n) is 5.68. The molecule has 10 nitrogen and oxygen atoms in total. The molecule has 1 aliphatic rings. The Labute approximate surface area is 178 Å². The van der Waals surface area contributed by atoms with Crippen molar-refractivity contribution in [3.63, 3.8) is 0 Å². The van der Waals surface area contributed by atoms with Gasteiger partial charge in [0.05, 0.1) is 11.3 Å². The zero-order chi connectivity index (χ0) is 22.8. The van der Waals surface area contributed by atoms with E-state index in [1.807, 2.05) is 0 Å². The van der Waals surface area contributed by atoms with E-state index < -0.39 is 28.8 Å². The van der Waals surface area contributed by atoms with E-state index in [2.05, 4.69) is 10.4 Å². The normalized spacial score (nSPS) is 15.8. The fourth-order valence-electron chi connectivity index (χ4n) is 3.83. The van der Waals surface area contributed by atoms with Gasteiger partial charge in [0.15, 0.2) is 0 Å². The summed E-state index contributed by atoms with van der Waals surface area (Å²) in [5, 5.41) is 17.5. The van der Waals surface area contributed by atoms with Crippen LogP contribution in [0.2, 0.25) is 0 Å². The third-order valence-corrected chi connectivity index (χ3v) is 5.68. The maximum absolute atomic E-state index is 12.8. The smallest absolute Gasteiger partial charge is 0.360 e.